The molecule has 0 amide bonds. The number of rotatable bonds is 6. The Morgan fingerprint density at radius 2 is 1.89 bits per heavy atom. The van der Waals surface area contributed by atoms with E-state index in [9.17, 15) is 4.39 Å². The molecule has 0 aliphatic heterocycles. The van der Waals surface area contributed by atoms with Crippen molar-refractivity contribution in [2.24, 2.45) is 0 Å². The Kier molecular flexibility index (Phi) is 4.68. The number of fused-ring (bicyclic) bond motifs is 1. The molecule has 0 aliphatic carbocycles. The highest BCUT2D eigenvalue weighted by atomic mass is 19.1. The second-order valence-corrected chi connectivity index (χ2v) is 6.79. The maximum Gasteiger partial charge on any atom is 0.297 e. The van der Waals surface area contributed by atoms with Gasteiger partial charge in [-0.05, 0) is 42.8 Å². The van der Waals surface area contributed by atoms with Gasteiger partial charge in [0.2, 0.25) is 5.89 Å². The zero-order valence-corrected chi connectivity index (χ0v) is 15.8. The molecular weight excluding hydrogens is 361 g/mol. The summed E-state index contributed by atoms with van der Waals surface area (Å²) in [5.41, 5.74) is 3.28. The van der Waals surface area contributed by atoms with Crippen LogP contribution in [0.1, 0.15) is 30.2 Å². The Hall–Kier alpha value is -3.42. The summed E-state index contributed by atoms with van der Waals surface area (Å²) in [4.78, 5) is 10.7. The van der Waals surface area contributed by atoms with Crippen LogP contribution in [-0.2, 0) is 6.42 Å². The predicted octanol–water partition coefficient (Wildman–Crippen LogP) is 4.18. The van der Waals surface area contributed by atoms with E-state index in [0.717, 1.165) is 22.4 Å². The highest BCUT2D eigenvalue weighted by Gasteiger charge is 2.16. The molecule has 0 radical (unpaired) electrons. The molecule has 0 saturated heterocycles. The van der Waals surface area contributed by atoms with E-state index in [1.165, 1.54) is 12.1 Å². The summed E-state index contributed by atoms with van der Waals surface area (Å²) < 4.78 is 24.1. The third-order valence-corrected chi connectivity index (χ3v) is 4.27. The molecule has 2 heterocycles. The molecule has 0 unspecified atom stereocenters. The minimum atomic E-state index is -0.267. The molecule has 1 atom stereocenters. The smallest absolute Gasteiger partial charge is 0.297 e. The predicted molar refractivity (Wildman–Crippen MR) is 104 cm³/mol. The van der Waals surface area contributed by atoms with Crippen LogP contribution in [0.2, 0.25) is 0 Å². The van der Waals surface area contributed by atoms with Crippen LogP contribution in [-0.4, -0.2) is 29.2 Å². The first-order valence-electron chi connectivity index (χ1n) is 8.89. The van der Waals surface area contributed by atoms with Gasteiger partial charge in [-0.1, -0.05) is 17.3 Å². The fourth-order valence-corrected chi connectivity index (χ4v) is 2.81. The number of halogens is 1. The molecule has 28 heavy (non-hydrogen) atoms. The van der Waals surface area contributed by atoms with Crippen LogP contribution >= 0.6 is 0 Å². The fraction of sp³-hybridized carbons (Fsp3) is 0.250. The van der Waals surface area contributed by atoms with E-state index in [4.69, 9.17) is 8.94 Å². The van der Waals surface area contributed by atoms with Gasteiger partial charge in [-0.2, -0.15) is 9.97 Å². The summed E-state index contributed by atoms with van der Waals surface area (Å²) in [5, 5.41) is 7.35. The van der Waals surface area contributed by atoms with E-state index in [2.05, 4.69) is 20.4 Å². The zero-order chi connectivity index (χ0) is 19.7. The summed E-state index contributed by atoms with van der Waals surface area (Å²) in [6, 6.07) is 12.3. The number of nitrogens with zero attached hydrogens (tertiary/aromatic N) is 4. The van der Waals surface area contributed by atoms with Crippen LogP contribution in [0, 0.1) is 5.82 Å². The Morgan fingerprint density at radius 3 is 2.64 bits per heavy atom. The first kappa shape index (κ1) is 18.0. The van der Waals surface area contributed by atoms with Gasteiger partial charge < -0.3 is 19.2 Å². The molecule has 0 bridgehead atoms. The van der Waals surface area contributed by atoms with E-state index < -0.39 is 0 Å². The summed E-state index contributed by atoms with van der Waals surface area (Å²) >= 11 is 0. The minimum absolute atomic E-state index is 0.188. The zero-order valence-electron chi connectivity index (χ0n) is 15.8. The number of hydrogen-bond donors (Lipinski definition) is 1. The largest absolute Gasteiger partial charge is 0.423 e. The van der Waals surface area contributed by atoms with Crippen LogP contribution in [0.5, 0.6) is 0 Å². The molecule has 0 spiro atoms. The molecule has 0 fully saturated rings. The molecule has 8 heteroatoms. The van der Waals surface area contributed by atoms with Gasteiger partial charge in [-0.3, -0.25) is 0 Å². The Morgan fingerprint density at radius 1 is 1.11 bits per heavy atom. The quantitative estimate of drug-likeness (QED) is 0.537. The molecule has 7 nitrogen and oxygen atoms in total. The second-order valence-electron chi connectivity index (χ2n) is 6.79. The van der Waals surface area contributed by atoms with Crippen molar-refractivity contribution in [2.75, 3.05) is 24.3 Å². The SMILES string of the molecule is C[C@@H](Nc1ccc2oc(N(C)C)nc2c1)c1nc(Cc2ccc(F)cc2)no1. The highest BCUT2D eigenvalue weighted by molar-refractivity contribution is 5.79. The lowest BCUT2D eigenvalue weighted by Crippen LogP contribution is -2.08. The monoisotopic (exact) mass is 381 g/mol. The molecule has 2 aromatic carbocycles. The summed E-state index contributed by atoms with van der Waals surface area (Å²) in [7, 11) is 3.76. The Bertz CT molecular complexity index is 1090. The van der Waals surface area contributed by atoms with Crippen LogP contribution < -0.4 is 10.2 Å². The van der Waals surface area contributed by atoms with E-state index >= 15 is 0 Å². The number of benzene rings is 2. The third-order valence-electron chi connectivity index (χ3n) is 4.27. The Balaban J connectivity index is 1.46. The molecule has 4 rings (SSSR count). The molecule has 4 aromatic rings. The fourth-order valence-electron chi connectivity index (χ4n) is 2.81. The van der Waals surface area contributed by atoms with Gasteiger partial charge in [0.1, 0.15) is 17.4 Å². The highest BCUT2D eigenvalue weighted by Crippen LogP contribution is 2.26. The van der Waals surface area contributed by atoms with Crippen molar-refractivity contribution in [3.05, 3.63) is 65.6 Å². The maximum absolute atomic E-state index is 13.0. The van der Waals surface area contributed by atoms with E-state index in [1.807, 2.05) is 44.1 Å². The lowest BCUT2D eigenvalue weighted by atomic mass is 10.1. The molecule has 1 N–H and O–H groups in total. The van der Waals surface area contributed by atoms with Crippen LogP contribution in [0.25, 0.3) is 11.1 Å². The molecule has 144 valence electrons. The van der Waals surface area contributed by atoms with E-state index in [1.54, 1.807) is 12.1 Å². The molecular formula is C20H20FN5O2. The standard InChI is InChI=1S/C20H20FN5O2/c1-12(19-24-18(25-28-19)10-13-4-6-14(21)7-5-13)22-15-8-9-17-16(11-15)23-20(27-17)26(2)3/h4-9,11-12,22H,10H2,1-3H3/t12-/m1/s1. The first-order valence-corrected chi connectivity index (χ1v) is 8.89. The Labute approximate surface area is 161 Å². The van der Waals surface area contributed by atoms with Crippen molar-refractivity contribution < 1.29 is 13.3 Å². The number of aromatic nitrogens is 3. The molecule has 2 aromatic heterocycles. The average Bonchev–Trinajstić information content (AvgIpc) is 3.30. The van der Waals surface area contributed by atoms with Gasteiger partial charge in [0.05, 0.1) is 0 Å². The van der Waals surface area contributed by atoms with E-state index in [-0.39, 0.29) is 11.9 Å². The van der Waals surface area contributed by atoms with Crippen molar-refractivity contribution in [1.82, 2.24) is 15.1 Å². The van der Waals surface area contributed by atoms with Gasteiger partial charge in [0.15, 0.2) is 11.4 Å². The van der Waals surface area contributed by atoms with Crippen molar-refractivity contribution in [3.63, 3.8) is 0 Å². The van der Waals surface area contributed by atoms with Crippen LogP contribution in [0.3, 0.4) is 0 Å². The minimum Gasteiger partial charge on any atom is -0.423 e. The van der Waals surface area contributed by atoms with E-state index in [0.29, 0.717) is 24.2 Å². The van der Waals surface area contributed by atoms with Crippen molar-refractivity contribution >= 4 is 22.8 Å². The number of nitrogens with one attached hydrogen (secondary N) is 1. The third kappa shape index (κ3) is 3.80. The lowest BCUT2D eigenvalue weighted by molar-refractivity contribution is 0.363. The van der Waals surface area contributed by atoms with Crippen LogP contribution in [0.15, 0.2) is 51.4 Å². The lowest BCUT2D eigenvalue weighted by Gasteiger charge is -2.10. The topological polar surface area (TPSA) is 80.2 Å². The summed E-state index contributed by atoms with van der Waals surface area (Å²) in [5.74, 6) is 0.765. The van der Waals surface area contributed by atoms with Crippen molar-refractivity contribution in [3.8, 4) is 0 Å². The van der Waals surface area contributed by atoms with Crippen molar-refractivity contribution in [1.29, 1.82) is 0 Å². The average molecular weight is 381 g/mol. The normalized spacial score (nSPS) is 12.3. The summed E-state index contributed by atoms with van der Waals surface area (Å²) in [6.45, 7) is 1.94. The number of hydrogen-bond acceptors (Lipinski definition) is 7. The second kappa shape index (κ2) is 7.30. The van der Waals surface area contributed by atoms with Crippen molar-refractivity contribution in [2.45, 2.75) is 19.4 Å². The molecule has 0 aliphatic rings. The maximum atomic E-state index is 13.0. The van der Waals surface area contributed by atoms with Gasteiger partial charge in [-0.25, -0.2) is 4.39 Å². The van der Waals surface area contributed by atoms with Gasteiger partial charge in [0.25, 0.3) is 6.01 Å². The number of oxazole rings is 1. The van der Waals surface area contributed by atoms with Crippen LogP contribution in [0.4, 0.5) is 16.1 Å². The summed E-state index contributed by atoms with van der Waals surface area (Å²) in [6.07, 6.45) is 0.481. The first-order chi connectivity index (χ1) is 13.5. The molecule has 0 saturated carbocycles. The van der Waals surface area contributed by atoms with Gasteiger partial charge in [0, 0.05) is 26.2 Å². The van der Waals surface area contributed by atoms with Gasteiger partial charge >= 0.3 is 0 Å². The van der Waals surface area contributed by atoms with Gasteiger partial charge in [-0.15, -0.1) is 0 Å². The number of anilines is 2.